The highest BCUT2D eigenvalue weighted by Crippen LogP contribution is 2.53. The summed E-state index contributed by atoms with van der Waals surface area (Å²) in [6.45, 7) is 15.0. The molecular formula is C54H46N6. The number of anilines is 6. The number of aromatic nitrogens is 4. The molecular weight excluding hydrogens is 733 g/mol. The second-order valence-corrected chi connectivity index (χ2v) is 16.7. The van der Waals surface area contributed by atoms with Gasteiger partial charge in [-0.2, -0.15) is 0 Å². The Bertz CT molecular complexity index is 3100. The maximum atomic E-state index is 5.12. The minimum Gasteiger partial charge on any atom is -0.278 e. The molecule has 0 atom stereocenters. The average Bonchev–Trinajstić information content (AvgIpc) is 3.46. The van der Waals surface area contributed by atoms with E-state index in [-0.39, 0.29) is 5.41 Å². The Labute approximate surface area is 351 Å². The Morgan fingerprint density at radius 2 is 0.800 bits per heavy atom. The van der Waals surface area contributed by atoms with Crippen LogP contribution >= 0.6 is 0 Å². The molecule has 0 fully saturated rings. The van der Waals surface area contributed by atoms with Gasteiger partial charge in [0.05, 0.1) is 11.4 Å². The summed E-state index contributed by atoms with van der Waals surface area (Å²) in [6.07, 6.45) is 0. The van der Waals surface area contributed by atoms with E-state index in [2.05, 4.69) is 170 Å². The first kappa shape index (κ1) is 37.1. The van der Waals surface area contributed by atoms with Crippen LogP contribution in [0.5, 0.6) is 0 Å². The van der Waals surface area contributed by atoms with Crippen LogP contribution in [0.3, 0.4) is 0 Å². The van der Waals surface area contributed by atoms with Crippen molar-refractivity contribution in [2.24, 2.45) is 0 Å². The Morgan fingerprint density at radius 1 is 0.383 bits per heavy atom. The van der Waals surface area contributed by atoms with Gasteiger partial charge < -0.3 is 0 Å². The van der Waals surface area contributed by atoms with Crippen molar-refractivity contribution in [2.75, 3.05) is 9.80 Å². The van der Waals surface area contributed by atoms with Crippen LogP contribution in [-0.4, -0.2) is 19.9 Å². The molecule has 0 amide bonds. The van der Waals surface area contributed by atoms with Crippen LogP contribution in [0, 0.1) is 34.6 Å². The minimum atomic E-state index is -0.134. The van der Waals surface area contributed by atoms with E-state index in [9.17, 15) is 0 Å². The quantitative estimate of drug-likeness (QED) is 0.119. The molecule has 0 N–H and O–H groups in total. The molecule has 2 heterocycles. The molecule has 1 aliphatic rings. The maximum Gasteiger partial charge on any atom is 0.235 e. The number of hydrogen-bond acceptors (Lipinski definition) is 6. The predicted molar refractivity (Wildman–Crippen MR) is 249 cm³/mol. The lowest BCUT2D eigenvalue weighted by Gasteiger charge is -2.31. The minimum absolute atomic E-state index is 0.134. The molecule has 0 saturated carbocycles. The van der Waals surface area contributed by atoms with E-state index in [0.717, 1.165) is 72.6 Å². The lowest BCUT2D eigenvalue weighted by molar-refractivity contribution is 0.660. The fourth-order valence-corrected chi connectivity index (χ4v) is 9.28. The van der Waals surface area contributed by atoms with Gasteiger partial charge in [0.25, 0.3) is 0 Å². The molecule has 0 saturated heterocycles. The first-order chi connectivity index (χ1) is 29.0. The highest BCUT2D eigenvalue weighted by Gasteiger charge is 2.36. The van der Waals surface area contributed by atoms with E-state index in [1.807, 2.05) is 39.8 Å². The van der Waals surface area contributed by atoms with Crippen LogP contribution < -0.4 is 9.80 Å². The SMILES string of the molecule is Cc1ccc2c(c1)C(C)(C)c1cc(-c3ccc4c(N(c5ccccc5)c5nc(C)cc(C)n5)c5ccccc5c(N(c5ccccc5)c5nc(C)cc(C)n5)c4c3)ccc1-2. The number of nitrogens with zero attached hydrogens (tertiary/aromatic N) is 6. The van der Waals surface area contributed by atoms with Crippen molar-refractivity contribution in [2.45, 2.75) is 53.9 Å². The van der Waals surface area contributed by atoms with Crippen molar-refractivity contribution >= 4 is 56.2 Å². The summed E-state index contributed by atoms with van der Waals surface area (Å²) in [5.41, 5.74) is 16.4. The number of para-hydroxylation sites is 2. The van der Waals surface area contributed by atoms with E-state index in [1.165, 1.54) is 33.4 Å². The standard InChI is InChI=1S/C54H46N6/c1-33-22-25-42-43-26-23-39(32-49(43)54(6,7)48(42)28-33)38-24-27-46-47(31-38)51(60(41-18-12-9-13-19-41)53-57-36(4)30-37(5)58-53)45-21-15-14-20-44(45)50(46)59(40-16-10-8-11-17-40)52-55-34(2)29-35(3)56-52/h8-32H,1-7H3. The van der Waals surface area contributed by atoms with Crippen LogP contribution in [0.4, 0.5) is 34.6 Å². The summed E-state index contributed by atoms with van der Waals surface area (Å²) in [4.78, 5) is 24.9. The highest BCUT2D eigenvalue weighted by molar-refractivity contribution is 6.23. The summed E-state index contributed by atoms with van der Waals surface area (Å²) in [6, 6.07) is 54.5. The van der Waals surface area contributed by atoms with E-state index in [4.69, 9.17) is 19.9 Å². The highest BCUT2D eigenvalue weighted by atomic mass is 15.3. The molecule has 0 bridgehead atoms. The van der Waals surface area contributed by atoms with Crippen molar-refractivity contribution in [3.05, 3.63) is 191 Å². The molecule has 0 radical (unpaired) electrons. The third-order valence-corrected chi connectivity index (χ3v) is 11.9. The first-order valence-corrected chi connectivity index (χ1v) is 20.6. The van der Waals surface area contributed by atoms with Gasteiger partial charge in [0.15, 0.2) is 0 Å². The van der Waals surface area contributed by atoms with Crippen LogP contribution in [0.25, 0.3) is 43.8 Å². The monoisotopic (exact) mass is 778 g/mol. The first-order valence-electron chi connectivity index (χ1n) is 20.6. The molecule has 7 aromatic carbocycles. The molecule has 292 valence electrons. The molecule has 9 aromatic rings. The van der Waals surface area contributed by atoms with Crippen molar-refractivity contribution in [3.63, 3.8) is 0 Å². The van der Waals surface area contributed by atoms with Gasteiger partial charge in [-0.25, -0.2) is 19.9 Å². The summed E-state index contributed by atoms with van der Waals surface area (Å²) >= 11 is 0. The second-order valence-electron chi connectivity index (χ2n) is 16.7. The lowest BCUT2D eigenvalue weighted by atomic mass is 9.81. The summed E-state index contributed by atoms with van der Waals surface area (Å²) in [7, 11) is 0. The van der Waals surface area contributed by atoms with Gasteiger partial charge in [0, 0.05) is 61.1 Å². The normalized spacial score (nSPS) is 12.7. The summed E-state index contributed by atoms with van der Waals surface area (Å²) in [5.74, 6) is 1.24. The third kappa shape index (κ3) is 6.18. The van der Waals surface area contributed by atoms with Gasteiger partial charge in [-0.1, -0.05) is 123 Å². The molecule has 0 spiro atoms. The fourth-order valence-electron chi connectivity index (χ4n) is 9.28. The van der Waals surface area contributed by atoms with Crippen molar-refractivity contribution < 1.29 is 0 Å². The van der Waals surface area contributed by atoms with Gasteiger partial charge in [-0.15, -0.1) is 0 Å². The zero-order chi connectivity index (χ0) is 41.3. The molecule has 1 aliphatic carbocycles. The van der Waals surface area contributed by atoms with E-state index in [1.54, 1.807) is 0 Å². The molecule has 10 rings (SSSR count). The van der Waals surface area contributed by atoms with Crippen LogP contribution in [0.1, 0.15) is 53.3 Å². The van der Waals surface area contributed by atoms with Crippen LogP contribution in [-0.2, 0) is 5.41 Å². The fraction of sp³-hybridized carbons (Fsp3) is 0.148. The number of aryl methyl sites for hydroxylation is 5. The lowest BCUT2D eigenvalue weighted by Crippen LogP contribution is -2.18. The molecule has 0 unspecified atom stereocenters. The number of benzene rings is 7. The molecule has 6 nitrogen and oxygen atoms in total. The Balaban J connectivity index is 1.32. The van der Waals surface area contributed by atoms with Crippen molar-refractivity contribution in [1.29, 1.82) is 0 Å². The third-order valence-electron chi connectivity index (χ3n) is 11.9. The molecule has 6 heteroatoms. The maximum absolute atomic E-state index is 5.12. The van der Waals surface area contributed by atoms with Crippen molar-refractivity contribution in [3.8, 4) is 22.3 Å². The molecule has 0 aliphatic heterocycles. The Hall–Kier alpha value is -7.18. The summed E-state index contributed by atoms with van der Waals surface area (Å²) < 4.78 is 0. The van der Waals surface area contributed by atoms with Crippen molar-refractivity contribution in [1.82, 2.24) is 19.9 Å². The largest absolute Gasteiger partial charge is 0.278 e. The zero-order valence-corrected chi connectivity index (χ0v) is 35.1. The number of hydrogen-bond donors (Lipinski definition) is 0. The number of rotatable bonds is 7. The summed E-state index contributed by atoms with van der Waals surface area (Å²) in [5, 5.41) is 4.21. The van der Waals surface area contributed by atoms with Gasteiger partial charge in [-0.05, 0) is 117 Å². The Kier molecular flexibility index (Phi) is 8.83. The van der Waals surface area contributed by atoms with Gasteiger partial charge in [-0.3, -0.25) is 9.80 Å². The van der Waals surface area contributed by atoms with Crippen LogP contribution in [0.15, 0.2) is 152 Å². The van der Waals surface area contributed by atoms with E-state index in [0.29, 0.717) is 11.9 Å². The molecule has 2 aromatic heterocycles. The molecule has 60 heavy (non-hydrogen) atoms. The second kappa shape index (κ2) is 14.3. The van der Waals surface area contributed by atoms with E-state index >= 15 is 0 Å². The Morgan fingerprint density at radius 3 is 1.33 bits per heavy atom. The van der Waals surface area contributed by atoms with E-state index < -0.39 is 0 Å². The average molecular weight is 779 g/mol. The topological polar surface area (TPSA) is 58.0 Å². The van der Waals surface area contributed by atoms with Gasteiger partial charge >= 0.3 is 0 Å². The van der Waals surface area contributed by atoms with Gasteiger partial charge in [0.2, 0.25) is 11.9 Å². The number of fused-ring (bicyclic) bond motifs is 5. The predicted octanol–water partition coefficient (Wildman–Crippen LogP) is 14.0. The van der Waals surface area contributed by atoms with Crippen LogP contribution in [0.2, 0.25) is 0 Å². The zero-order valence-electron chi connectivity index (χ0n) is 35.1. The van der Waals surface area contributed by atoms with Gasteiger partial charge in [0.1, 0.15) is 0 Å². The smallest absolute Gasteiger partial charge is 0.235 e.